The molecule has 0 spiro atoms. The molecule has 11 nitrogen and oxygen atoms in total. The number of nitrogens with zero attached hydrogens (tertiary/aromatic N) is 3. The molecule has 51 heavy (non-hydrogen) atoms. The van der Waals surface area contributed by atoms with E-state index < -0.39 is 18.1 Å². The zero-order valence-electron chi connectivity index (χ0n) is 29.3. The summed E-state index contributed by atoms with van der Waals surface area (Å²) in [5, 5.41) is 12.8. The molecule has 3 atom stereocenters. The molecule has 3 aromatic carbocycles. The lowest BCUT2D eigenvalue weighted by molar-refractivity contribution is -0.166. The van der Waals surface area contributed by atoms with E-state index in [9.17, 15) is 9.59 Å². The molecule has 0 bridgehead atoms. The van der Waals surface area contributed by atoms with Crippen LogP contribution in [0.1, 0.15) is 36.1 Å². The Bertz CT molecular complexity index is 2030. The van der Waals surface area contributed by atoms with Crippen molar-refractivity contribution in [2.24, 2.45) is 13.0 Å². The standard InChI is InChI=1S/C39H44N4O7S/c1-5-49-39-30(17-19-47-21-22-48-20-18-44)31(35-26(3)42(4)43(38(35)46)29-9-7-6-8-10-29)24-33(50-39)36(45)40-28-14-12-27(13-15-28)37-41-32-16-11-25(2)23-34(32)51-37/h6-16,23-24,30-31,39,44H,5,17-22H2,1-4H3,(H,40,45)/t30-,31-,39+/m1/s1. The van der Waals surface area contributed by atoms with Crippen LogP contribution >= 0.6 is 11.3 Å². The molecule has 1 aliphatic rings. The average Bonchev–Trinajstić information content (AvgIpc) is 3.65. The smallest absolute Gasteiger partial charge is 0.290 e. The quantitative estimate of drug-likeness (QED) is 0.125. The third-order valence-electron chi connectivity index (χ3n) is 9.01. The summed E-state index contributed by atoms with van der Waals surface area (Å²) in [7, 11) is 1.85. The summed E-state index contributed by atoms with van der Waals surface area (Å²) in [6, 6.07) is 23.2. The molecule has 3 heterocycles. The van der Waals surface area contributed by atoms with Gasteiger partial charge in [-0.3, -0.25) is 14.3 Å². The second kappa shape index (κ2) is 16.6. The minimum Gasteiger partial charge on any atom is -0.459 e. The third kappa shape index (κ3) is 8.16. The minimum absolute atomic E-state index is 0.0501. The fourth-order valence-electron chi connectivity index (χ4n) is 6.39. The van der Waals surface area contributed by atoms with Crippen molar-refractivity contribution in [3.05, 3.63) is 112 Å². The second-order valence-electron chi connectivity index (χ2n) is 12.4. The number of thiazole rings is 1. The summed E-state index contributed by atoms with van der Waals surface area (Å²) in [5.74, 6) is -1.22. The summed E-state index contributed by atoms with van der Waals surface area (Å²) >= 11 is 1.63. The van der Waals surface area contributed by atoms with Gasteiger partial charge in [0.2, 0.25) is 6.29 Å². The van der Waals surface area contributed by atoms with Crippen LogP contribution in [-0.4, -0.2) is 71.3 Å². The van der Waals surface area contributed by atoms with Crippen molar-refractivity contribution >= 4 is 33.1 Å². The Hall–Kier alpha value is -4.59. The highest BCUT2D eigenvalue weighted by atomic mass is 32.1. The number of aromatic nitrogens is 3. The number of carbonyl (C=O) groups excluding carboxylic acids is 1. The minimum atomic E-state index is -0.811. The third-order valence-corrected chi connectivity index (χ3v) is 10.1. The molecule has 5 aromatic rings. The van der Waals surface area contributed by atoms with Crippen molar-refractivity contribution in [3.8, 4) is 16.3 Å². The SMILES string of the molecule is CCO[C@H]1OC(C(=O)Nc2ccc(-c3nc4ccc(C)cc4s3)cc2)=C[C@@H](c2c(C)n(C)n(-c3ccccc3)c2=O)[C@H]1CCOCCOCCO. The van der Waals surface area contributed by atoms with Gasteiger partial charge in [0.1, 0.15) is 5.01 Å². The van der Waals surface area contributed by atoms with E-state index in [1.807, 2.05) is 86.2 Å². The number of allylic oxidation sites excluding steroid dienone is 1. The van der Waals surface area contributed by atoms with Crippen LogP contribution in [0.25, 0.3) is 26.5 Å². The van der Waals surface area contributed by atoms with Gasteiger partial charge in [-0.25, -0.2) is 9.67 Å². The molecule has 2 aromatic heterocycles. The van der Waals surface area contributed by atoms with Gasteiger partial charge in [-0.1, -0.05) is 24.3 Å². The number of amides is 1. The molecule has 12 heteroatoms. The predicted molar refractivity (Wildman–Crippen MR) is 198 cm³/mol. The Kier molecular flexibility index (Phi) is 11.8. The molecule has 2 N–H and O–H groups in total. The van der Waals surface area contributed by atoms with Crippen molar-refractivity contribution in [3.63, 3.8) is 0 Å². The number of ether oxygens (including phenoxy) is 4. The highest BCUT2D eigenvalue weighted by Gasteiger charge is 2.41. The molecular formula is C39H44N4O7S. The van der Waals surface area contributed by atoms with Crippen LogP contribution in [0.3, 0.4) is 0 Å². The fourth-order valence-corrected chi connectivity index (χ4v) is 7.46. The highest BCUT2D eigenvalue weighted by molar-refractivity contribution is 7.21. The first-order chi connectivity index (χ1) is 24.8. The van der Waals surface area contributed by atoms with E-state index in [0.29, 0.717) is 44.1 Å². The molecular weight excluding hydrogens is 669 g/mol. The van der Waals surface area contributed by atoms with Gasteiger partial charge in [0.05, 0.1) is 42.3 Å². The van der Waals surface area contributed by atoms with Gasteiger partial charge in [-0.05, 0) is 87.4 Å². The number of hydrogen-bond donors (Lipinski definition) is 2. The van der Waals surface area contributed by atoms with Crippen molar-refractivity contribution in [2.75, 3.05) is 45.0 Å². The Morgan fingerprint density at radius 2 is 1.75 bits per heavy atom. The predicted octanol–water partition coefficient (Wildman–Crippen LogP) is 6.10. The van der Waals surface area contributed by atoms with Crippen LogP contribution in [0, 0.1) is 19.8 Å². The van der Waals surface area contributed by atoms with Gasteiger partial charge in [-0.2, -0.15) is 0 Å². The highest BCUT2D eigenvalue weighted by Crippen LogP contribution is 2.39. The van der Waals surface area contributed by atoms with Gasteiger partial charge < -0.3 is 29.4 Å². The molecule has 1 amide bonds. The van der Waals surface area contributed by atoms with E-state index in [-0.39, 0.29) is 30.5 Å². The molecule has 1 aliphatic heterocycles. The summed E-state index contributed by atoms with van der Waals surface area (Å²) in [5.41, 5.74) is 5.58. The molecule has 0 unspecified atom stereocenters. The Morgan fingerprint density at radius 3 is 2.47 bits per heavy atom. The summed E-state index contributed by atoms with van der Waals surface area (Å²) in [6.07, 6.45) is 1.43. The number of rotatable bonds is 15. The summed E-state index contributed by atoms with van der Waals surface area (Å²) < 4.78 is 28.2. The van der Waals surface area contributed by atoms with Crippen molar-refractivity contribution in [2.45, 2.75) is 39.4 Å². The number of nitrogens with one attached hydrogen (secondary N) is 1. The van der Waals surface area contributed by atoms with Crippen molar-refractivity contribution in [1.29, 1.82) is 0 Å². The topological polar surface area (TPSA) is 126 Å². The zero-order chi connectivity index (χ0) is 35.9. The monoisotopic (exact) mass is 712 g/mol. The van der Waals surface area contributed by atoms with E-state index >= 15 is 0 Å². The van der Waals surface area contributed by atoms with Crippen LogP contribution in [0.5, 0.6) is 0 Å². The number of aliphatic hydroxyl groups is 1. The maximum Gasteiger partial charge on any atom is 0.290 e. The van der Waals surface area contributed by atoms with Crippen LogP contribution < -0.4 is 10.9 Å². The lowest BCUT2D eigenvalue weighted by atomic mass is 9.81. The van der Waals surface area contributed by atoms with Crippen LogP contribution in [-0.2, 0) is 30.8 Å². The molecule has 0 radical (unpaired) electrons. The van der Waals surface area contributed by atoms with E-state index in [4.69, 9.17) is 29.0 Å². The molecule has 0 aliphatic carbocycles. The van der Waals surface area contributed by atoms with Gasteiger partial charge in [-0.15, -0.1) is 11.3 Å². The number of anilines is 1. The summed E-state index contributed by atoms with van der Waals surface area (Å²) in [6.45, 7) is 7.44. The lowest BCUT2D eigenvalue weighted by Gasteiger charge is -2.36. The average molecular weight is 713 g/mol. The van der Waals surface area contributed by atoms with Gasteiger partial charge in [0.25, 0.3) is 11.5 Å². The number of fused-ring (bicyclic) bond motifs is 1. The zero-order valence-corrected chi connectivity index (χ0v) is 30.2. The normalized spacial score (nSPS) is 17.4. The van der Waals surface area contributed by atoms with Gasteiger partial charge in [0.15, 0.2) is 5.76 Å². The van der Waals surface area contributed by atoms with Crippen molar-refractivity contribution in [1.82, 2.24) is 14.3 Å². The van der Waals surface area contributed by atoms with E-state index in [0.717, 1.165) is 32.2 Å². The van der Waals surface area contributed by atoms with E-state index in [2.05, 4.69) is 24.4 Å². The maximum atomic E-state index is 14.2. The number of hydrogen-bond acceptors (Lipinski definition) is 9. The van der Waals surface area contributed by atoms with Crippen LogP contribution in [0.4, 0.5) is 5.69 Å². The number of carbonyl (C=O) groups is 1. The van der Waals surface area contributed by atoms with E-state index in [1.54, 1.807) is 22.1 Å². The van der Waals surface area contributed by atoms with E-state index in [1.165, 1.54) is 5.56 Å². The number of aliphatic hydroxyl groups excluding tert-OH is 1. The molecule has 6 rings (SSSR count). The van der Waals surface area contributed by atoms with Crippen LogP contribution in [0.2, 0.25) is 0 Å². The first kappa shape index (κ1) is 36.2. The molecule has 0 fully saturated rings. The first-order valence-corrected chi connectivity index (χ1v) is 18.0. The second-order valence-corrected chi connectivity index (χ2v) is 13.4. The Balaban J connectivity index is 1.28. The molecule has 0 saturated carbocycles. The number of aryl methyl sites for hydroxylation is 1. The van der Waals surface area contributed by atoms with Gasteiger partial charge >= 0.3 is 0 Å². The largest absolute Gasteiger partial charge is 0.459 e. The van der Waals surface area contributed by atoms with Crippen molar-refractivity contribution < 1.29 is 28.8 Å². The number of para-hydroxylation sites is 1. The first-order valence-electron chi connectivity index (χ1n) is 17.2. The molecule has 0 saturated heterocycles. The Morgan fingerprint density at radius 1 is 1.00 bits per heavy atom. The van der Waals surface area contributed by atoms with Crippen LogP contribution in [0.15, 0.2) is 89.4 Å². The number of benzene rings is 3. The molecule has 268 valence electrons. The maximum absolute atomic E-state index is 14.2. The Labute approximate surface area is 301 Å². The van der Waals surface area contributed by atoms with Gasteiger partial charge in [0, 0.05) is 54.6 Å². The fraction of sp³-hybridized carbons (Fsp3) is 0.359. The summed E-state index contributed by atoms with van der Waals surface area (Å²) in [4.78, 5) is 32.9. The lowest BCUT2D eigenvalue weighted by Crippen LogP contribution is -2.39.